The van der Waals surface area contributed by atoms with E-state index in [2.05, 4.69) is 13.0 Å². The number of carbonyl (C=O) groups is 1. The fraction of sp³-hybridized carbons (Fsp3) is 0.500. The Bertz CT molecular complexity index is 375. The molecule has 0 aromatic heterocycles. The predicted molar refractivity (Wildman–Crippen MR) is 62.2 cm³/mol. The Kier molecular flexibility index (Phi) is 2.90. The molecule has 1 aromatic carbocycles. The zero-order valence-corrected chi connectivity index (χ0v) is 9.55. The Balaban J connectivity index is 2.10. The molecule has 0 bridgehead atoms. The fourth-order valence-electron chi connectivity index (χ4n) is 2.20. The summed E-state index contributed by atoms with van der Waals surface area (Å²) in [4.78, 5) is 12.0. The van der Waals surface area contributed by atoms with Crippen molar-refractivity contribution in [3.63, 3.8) is 0 Å². The monoisotopic (exact) mass is 202 g/mol. The van der Waals surface area contributed by atoms with Crippen molar-refractivity contribution in [2.45, 2.75) is 39.5 Å². The molecule has 1 aliphatic carbocycles. The molecule has 2 rings (SSSR count). The molecular formula is C14H18O. The van der Waals surface area contributed by atoms with Gasteiger partial charge in [0.2, 0.25) is 0 Å². The number of hydrogen-bond donors (Lipinski definition) is 0. The minimum Gasteiger partial charge on any atom is -0.294 e. The van der Waals surface area contributed by atoms with Crippen LogP contribution in [-0.2, 0) is 0 Å². The summed E-state index contributed by atoms with van der Waals surface area (Å²) in [5.74, 6) is 0.996. The molecule has 80 valence electrons. The molecule has 1 nitrogen and oxygen atoms in total. The van der Waals surface area contributed by atoms with Crippen LogP contribution in [0.3, 0.4) is 0 Å². The maximum absolute atomic E-state index is 12.0. The Morgan fingerprint density at radius 3 is 2.60 bits per heavy atom. The second kappa shape index (κ2) is 4.18. The van der Waals surface area contributed by atoms with Gasteiger partial charge in [-0.3, -0.25) is 4.79 Å². The average molecular weight is 202 g/mol. The van der Waals surface area contributed by atoms with Crippen molar-refractivity contribution in [1.29, 1.82) is 0 Å². The molecular weight excluding hydrogens is 184 g/mol. The molecule has 1 aliphatic rings. The molecule has 0 unspecified atom stereocenters. The van der Waals surface area contributed by atoms with E-state index in [-0.39, 0.29) is 0 Å². The van der Waals surface area contributed by atoms with E-state index in [1.807, 2.05) is 19.1 Å². The molecule has 1 aromatic rings. The number of ketones is 1. The number of Topliss-reactive ketones (excluding diaryl/α,β-unsaturated/α-hetero) is 1. The van der Waals surface area contributed by atoms with Crippen LogP contribution >= 0.6 is 0 Å². The maximum Gasteiger partial charge on any atom is 0.163 e. The van der Waals surface area contributed by atoms with Gasteiger partial charge in [-0.15, -0.1) is 0 Å². The van der Waals surface area contributed by atoms with Crippen LogP contribution in [-0.4, -0.2) is 5.78 Å². The number of rotatable bonds is 3. The molecule has 0 aliphatic heterocycles. The van der Waals surface area contributed by atoms with Crippen molar-refractivity contribution < 1.29 is 4.79 Å². The maximum atomic E-state index is 12.0. The minimum atomic E-state index is 0.331. The van der Waals surface area contributed by atoms with Crippen LogP contribution in [0, 0.1) is 19.8 Å². The lowest BCUT2D eigenvalue weighted by Crippen LogP contribution is -2.16. The zero-order valence-electron chi connectivity index (χ0n) is 9.55. The first-order chi connectivity index (χ1) is 7.16. The van der Waals surface area contributed by atoms with Gasteiger partial charge in [0.25, 0.3) is 0 Å². The van der Waals surface area contributed by atoms with Gasteiger partial charge in [0.05, 0.1) is 0 Å². The van der Waals surface area contributed by atoms with Gasteiger partial charge in [0.1, 0.15) is 0 Å². The summed E-state index contributed by atoms with van der Waals surface area (Å²) in [5.41, 5.74) is 3.28. The number of benzene rings is 1. The average Bonchev–Trinajstić information content (AvgIpc) is 2.11. The highest BCUT2D eigenvalue weighted by Crippen LogP contribution is 2.30. The van der Waals surface area contributed by atoms with Crippen LogP contribution in [0.2, 0.25) is 0 Å². The third-order valence-electron chi connectivity index (χ3n) is 3.38. The molecule has 0 amide bonds. The summed E-state index contributed by atoms with van der Waals surface area (Å²) in [5, 5.41) is 0. The van der Waals surface area contributed by atoms with E-state index >= 15 is 0 Å². The lowest BCUT2D eigenvalue weighted by Gasteiger charge is -2.24. The van der Waals surface area contributed by atoms with E-state index in [9.17, 15) is 4.79 Å². The van der Waals surface area contributed by atoms with Gasteiger partial charge in [0, 0.05) is 12.0 Å². The van der Waals surface area contributed by atoms with Crippen LogP contribution in [0.15, 0.2) is 18.2 Å². The summed E-state index contributed by atoms with van der Waals surface area (Å²) < 4.78 is 0. The SMILES string of the molecule is Cc1ccc(C(=O)CC2CCC2)c(C)c1. The van der Waals surface area contributed by atoms with Crippen molar-refractivity contribution >= 4 is 5.78 Å². The van der Waals surface area contributed by atoms with Gasteiger partial charge in [0.15, 0.2) is 5.78 Å². The largest absolute Gasteiger partial charge is 0.294 e. The lowest BCUT2D eigenvalue weighted by molar-refractivity contribution is 0.0936. The number of carbonyl (C=O) groups excluding carboxylic acids is 1. The summed E-state index contributed by atoms with van der Waals surface area (Å²) in [7, 11) is 0. The van der Waals surface area contributed by atoms with Gasteiger partial charge < -0.3 is 0 Å². The predicted octanol–water partition coefficient (Wildman–Crippen LogP) is 3.68. The van der Waals surface area contributed by atoms with Gasteiger partial charge >= 0.3 is 0 Å². The smallest absolute Gasteiger partial charge is 0.163 e. The first kappa shape index (κ1) is 10.4. The van der Waals surface area contributed by atoms with Crippen LogP contribution < -0.4 is 0 Å². The van der Waals surface area contributed by atoms with Gasteiger partial charge in [-0.05, 0) is 25.3 Å². The van der Waals surface area contributed by atoms with Crippen molar-refractivity contribution in [2.24, 2.45) is 5.92 Å². The molecule has 0 atom stereocenters. The van der Waals surface area contributed by atoms with E-state index in [1.54, 1.807) is 0 Å². The van der Waals surface area contributed by atoms with E-state index in [0.717, 1.165) is 17.5 Å². The highest BCUT2D eigenvalue weighted by molar-refractivity contribution is 5.97. The highest BCUT2D eigenvalue weighted by atomic mass is 16.1. The molecule has 1 saturated carbocycles. The third kappa shape index (κ3) is 2.28. The topological polar surface area (TPSA) is 17.1 Å². The van der Waals surface area contributed by atoms with Crippen molar-refractivity contribution in [2.75, 3.05) is 0 Å². The quantitative estimate of drug-likeness (QED) is 0.683. The molecule has 1 fully saturated rings. The Morgan fingerprint density at radius 1 is 1.33 bits per heavy atom. The molecule has 15 heavy (non-hydrogen) atoms. The van der Waals surface area contributed by atoms with Crippen molar-refractivity contribution in [3.05, 3.63) is 34.9 Å². The first-order valence-corrected chi connectivity index (χ1v) is 5.77. The first-order valence-electron chi connectivity index (χ1n) is 5.77. The summed E-state index contributed by atoms with van der Waals surface area (Å²) in [6.07, 6.45) is 4.56. The molecule has 1 heteroatoms. The van der Waals surface area contributed by atoms with Gasteiger partial charge in [-0.2, -0.15) is 0 Å². The summed E-state index contributed by atoms with van der Waals surface area (Å²) in [6, 6.07) is 6.10. The summed E-state index contributed by atoms with van der Waals surface area (Å²) in [6.45, 7) is 4.09. The number of aryl methyl sites for hydroxylation is 2. The summed E-state index contributed by atoms with van der Waals surface area (Å²) >= 11 is 0. The molecule has 0 spiro atoms. The van der Waals surface area contributed by atoms with Gasteiger partial charge in [-0.1, -0.05) is 43.0 Å². The zero-order chi connectivity index (χ0) is 10.8. The van der Waals surface area contributed by atoms with E-state index in [0.29, 0.717) is 11.7 Å². The highest BCUT2D eigenvalue weighted by Gasteiger charge is 2.21. The van der Waals surface area contributed by atoms with Crippen LogP contribution in [0.1, 0.15) is 47.2 Å². The minimum absolute atomic E-state index is 0.331. The van der Waals surface area contributed by atoms with Crippen LogP contribution in [0.25, 0.3) is 0 Å². The normalized spacial score (nSPS) is 16.1. The standard InChI is InChI=1S/C14H18O/c1-10-6-7-13(11(2)8-10)14(15)9-12-4-3-5-12/h6-8,12H,3-5,9H2,1-2H3. The Hall–Kier alpha value is -1.11. The molecule has 0 radical (unpaired) electrons. The van der Waals surface area contributed by atoms with Crippen LogP contribution in [0.5, 0.6) is 0 Å². The molecule has 0 heterocycles. The van der Waals surface area contributed by atoms with Crippen molar-refractivity contribution in [3.8, 4) is 0 Å². The molecule has 0 N–H and O–H groups in total. The Labute approximate surface area is 91.5 Å². The van der Waals surface area contributed by atoms with E-state index < -0.39 is 0 Å². The lowest BCUT2D eigenvalue weighted by atomic mass is 9.80. The fourth-order valence-corrected chi connectivity index (χ4v) is 2.20. The van der Waals surface area contributed by atoms with E-state index in [1.165, 1.54) is 24.8 Å². The second-order valence-electron chi connectivity index (χ2n) is 4.74. The van der Waals surface area contributed by atoms with E-state index in [4.69, 9.17) is 0 Å². The Morgan fingerprint density at radius 2 is 2.07 bits per heavy atom. The molecule has 0 saturated heterocycles. The third-order valence-corrected chi connectivity index (χ3v) is 3.38. The number of hydrogen-bond acceptors (Lipinski definition) is 1. The van der Waals surface area contributed by atoms with Crippen LogP contribution in [0.4, 0.5) is 0 Å². The second-order valence-corrected chi connectivity index (χ2v) is 4.74. The van der Waals surface area contributed by atoms with Crippen molar-refractivity contribution in [1.82, 2.24) is 0 Å². The van der Waals surface area contributed by atoms with Gasteiger partial charge in [-0.25, -0.2) is 0 Å².